The number of rotatable bonds is 7. The van der Waals surface area contributed by atoms with Gasteiger partial charge in [0.25, 0.3) is 0 Å². The lowest BCUT2D eigenvalue weighted by molar-refractivity contribution is 0.0815. The summed E-state index contributed by atoms with van der Waals surface area (Å²) >= 11 is 1.88. The molecule has 0 aliphatic carbocycles. The minimum Gasteiger partial charge on any atom is -0.377 e. The average Bonchev–Trinajstić information content (AvgIpc) is 1.94. The van der Waals surface area contributed by atoms with E-state index in [2.05, 4.69) is 5.32 Å². The Hall–Kier alpha value is 0.910. The van der Waals surface area contributed by atoms with Crippen LogP contribution < -0.4 is 5.32 Å². The van der Waals surface area contributed by atoms with Crippen LogP contribution in [0.2, 0.25) is 0 Å². The molecule has 86 valence electrons. The first-order valence-electron chi connectivity index (χ1n) is 3.96. The number of nitrogens with one attached hydrogen (secondary N) is 1. The number of hydrogen-bond donors (Lipinski definition) is 2. The number of hydrogen-bond acceptors (Lipinski definition) is 5. The SMILES string of the molecule is CC(C)OCCNC(I)SS(=O)(=O)O. The van der Waals surface area contributed by atoms with Gasteiger partial charge in [-0.25, -0.2) is 0 Å². The standard InChI is InChI=1S/C6H14INO4S2/c1-5(2)12-4-3-8-6(7)13-14(9,10)11/h5-6,8H,3-4H2,1-2H3,(H,9,10,11). The number of ether oxygens (including phenoxy) is 1. The quantitative estimate of drug-likeness (QED) is 0.136. The average molecular weight is 355 g/mol. The molecular formula is C6H14INO4S2. The van der Waals surface area contributed by atoms with Gasteiger partial charge >= 0.3 is 9.15 Å². The normalized spacial score (nSPS) is 14.6. The van der Waals surface area contributed by atoms with Crippen molar-refractivity contribution < 1.29 is 17.7 Å². The summed E-state index contributed by atoms with van der Waals surface area (Å²) in [6.45, 7) is 4.92. The first kappa shape index (κ1) is 14.9. The lowest BCUT2D eigenvalue weighted by Crippen LogP contribution is -2.26. The van der Waals surface area contributed by atoms with Gasteiger partial charge in [0, 0.05) is 17.3 Å². The van der Waals surface area contributed by atoms with Gasteiger partial charge in [-0.1, -0.05) is 22.6 Å². The molecule has 0 rings (SSSR count). The summed E-state index contributed by atoms with van der Waals surface area (Å²) in [5, 5.41) is 2.88. The van der Waals surface area contributed by atoms with Crippen LogP contribution in [0, 0.1) is 0 Å². The molecule has 0 amide bonds. The Bertz CT molecular complexity index is 244. The molecule has 1 atom stereocenters. The van der Waals surface area contributed by atoms with Gasteiger partial charge in [0.15, 0.2) is 0 Å². The summed E-state index contributed by atoms with van der Waals surface area (Å²) in [5.74, 6) is 0. The van der Waals surface area contributed by atoms with E-state index in [1.165, 1.54) is 0 Å². The van der Waals surface area contributed by atoms with Crippen molar-refractivity contribution in [2.24, 2.45) is 0 Å². The zero-order valence-electron chi connectivity index (χ0n) is 7.94. The number of halogens is 1. The van der Waals surface area contributed by atoms with Crippen LogP contribution in [-0.2, 0) is 13.9 Å². The molecule has 0 aliphatic rings. The number of alkyl halides is 1. The largest absolute Gasteiger partial charge is 0.377 e. The van der Waals surface area contributed by atoms with Gasteiger partial charge in [0.1, 0.15) is 3.38 Å². The van der Waals surface area contributed by atoms with Crippen LogP contribution in [-0.4, -0.2) is 35.6 Å². The van der Waals surface area contributed by atoms with E-state index < -0.39 is 9.15 Å². The van der Waals surface area contributed by atoms with Crippen molar-refractivity contribution in [3.63, 3.8) is 0 Å². The van der Waals surface area contributed by atoms with Gasteiger partial charge in [-0.05, 0) is 13.8 Å². The molecule has 0 saturated carbocycles. The lowest BCUT2D eigenvalue weighted by atomic mass is 10.5. The Kier molecular flexibility index (Phi) is 7.70. The van der Waals surface area contributed by atoms with Crippen LogP contribution in [0.5, 0.6) is 0 Å². The van der Waals surface area contributed by atoms with Crippen LogP contribution in [0.25, 0.3) is 0 Å². The van der Waals surface area contributed by atoms with Crippen molar-refractivity contribution in [1.29, 1.82) is 0 Å². The molecular weight excluding hydrogens is 341 g/mol. The van der Waals surface area contributed by atoms with Crippen LogP contribution in [0.3, 0.4) is 0 Å². The maximum atomic E-state index is 10.4. The van der Waals surface area contributed by atoms with Gasteiger partial charge in [-0.3, -0.25) is 9.87 Å². The van der Waals surface area contributed by atoms with E-state index >= 15 is 0 Å². The van der Waals surface area contributed by atoms with E-state index in [-0.39, 0.29) is 9.48 Å². The fourth-order valence-corrected chi connectivity index (χ4v) is 4.52. The Morgan fingerprint density at radius 2 is 2.14 bits per heavy atom. The zero-order chi connectivity index (χ0) is 11.2. The van der Waals surface area contributed by atoms with E-state index in [1.807, 2.05) is 36.4 Å². The molecule has 0 heterocycles. The van der Waals surface area contributed by atoms with Crippen molar-refractivity contribution in [2.75, 3.05) is 13.2 Å². The predicted molar refractivity (Wildman–Crippen MR) is 66.0 cm³/mol. The van der Waals surface area contributed by atoms with E-state index in [0.29, 0.717) is 23.9 Å². The summed E-state index contributed by atoms with van der Waals surface area (Å²) in [6, 6.07) is 0. The molecule has 0 aromatic heterocycles. The van der Waals surface area contributed by atoms with Crippen LogP contribution in [0.1, 0.15) is 13.8 Å². The van der Waals surface area contributed by atoms with Gasteiger partial charge in [-0.15, -0.1) is 0 Å². The monoisotopic (exact) mass is 355 g/mol. The molecule has 0 radical (unpaired) electrons. The molecule has 0 bridgehead atoms. The summed E-state index contributed by atoms with van der Waals surface area (Å²) in [4.78, 5) is 0. The molecule has 0 aromatic rings. The third-order valence-corrected chi connectivity index (χ3v) is 5.19. The Balaban J connectivity index is 3.50. The van der Waals surface area contributed by atoms with Gasteiger partial charge in [-0.2, -0.15) is 8.42 Å². The maximum Gasteiger partial charge on any atom is 0.322 e. The fraction of sp³-hybridized carbons (Fsp3) is 1.00. The second-order valence-electron chi connectivity index (χ2n) is 2.71. The minimum atomic E-state index is -3.97. The molecule has 0 aliphatic heterocycles. The topological polar surface area (TPSA) is 75.6 Å². The highest BCUT2D eigenvalue weighted by atomic mass is 127. The van der Waals surface area contributed by atoms with E-state index in [1.54, 1.807) is 0 Å². The molecule has 0 spiro atoms. The van der Waals surface area contributed by atoms with E-state index in [0.717, 1.165) is 0 Å². The van der Waals surface area contributed by atoms with Crippen molar-refractivity contribution in [3.05, 3.63) is 0 Å². The summed E-state index contributed by atoms with van der Waals surface area (Å²) in [7, 11) is -3.51. The maximum absolute atomic E-state index is 10.4. The molecule has 0 aromatic carbocycles. The summed E-state index contributed by atoms with van der Waals surface area (Å²) < 4.78 is 34.2. The van der Waals surface area contributed by atoms with Crippen LogP contribution in [0.4, 0.5) is 0 Å². The highest BCUT2D eigenvalue weighted by Crippen LogP contribution is 2.20. The van der Waals surface area contributed by atoms with Gasteiger partial charge in [0.2, 0.25) is 0 Å². The molecule has 8 heteroatoms. The third-order valence-electron chi connectivity index (χ3n) is 1.06. The lowest BCUT2D eigenvalue weighted by Gasteiger charge is -2.11. The zero-order valence-corrected chi connectivity index (χ0v) is 11.7. The predicted octanol–water partition coefficient (Wildman–Crippen LogP) is 1.26. The van der Waals surface area contributed by atoms with Crippen LogP contribution in [0.15, 0.2) is 0 Å². The smallest absolute Gasteiger partial charge is 0.322 e. The second kappa shape index (κ2) is 7.23. The van der Waals surface area contributed by atoms with E-state index in [4.69, 9.17) is 9.29 Å². The van der Waals surface area contributed by atoms with Gasteiger partial charge in [0.05, 0.1) is 12.7 Å². The van der Waals surface area contributed by atoms with Crippen molar-refractivity contribution in [1.82, 2.24) is 5.32 Å². The Morgan fingerprint density at radius 3 is 2.57 bits per heavy atom. The second-order valence-corrected chi connectivity index (χ2v) is 8.16. The molecule has 14 heavy (non-hydrogen) atoms. The van der Waals surface area contributed by atoms with Crippen LogP contribution >= 0.6 is 33.4 Å². The summed E-state index contributed by atoms with van der Waals surface area (Å²) in [5.41, 5.74) is 0. The highest BCUT2D eigenvalue weighted by Gasteiger charge is 2.13. The minimum absolute atomic E-state index is 0.165. The van der Waals surface area contributed by atoms with Crippen molar-refractivity contribution >= 4 is 42.5 Å². The first-order valence-corrected chi connectivity index (χ1v) is 8.04. The third kappa shape index (κ3) is 11.0. The molecule has 0 fully saturated rings. The Labute approximate surface area is 102 Å². The molecule has 0 saturated heterocycles. The van der Waals surface area contributed by atoms with E-state index in [9.17, 15) is 8.42 Å². The molecule has 5 nitrogen and oxygen atoms in total. The Morgan fingerprint density at radius 1 is 1.57 bits per heavy atom. The molecule has 2 N–H and O–H groups in total. The van der Waals surface area contributed by atoms with Gasteiger partial charge < -0.3 is 4.74 Å². The first-order chi connectivity index (χ1) is 6.31. The summed E-state index contributed by atoms with van der Waals surface area (Å²) in [6.07, 6.45) is 0.165. The molecule has 1 unspecified atom stereocenters. The fourth-order valence-electron chi connectivity index (χ4n) is 0.608. The van der Waals surface area contributed by atoms with Crippen molar-refractivity contribution in [2.45, 2.75) is 23.3 Å². The highest BCUT2D eigenvalue weighted by molar-refractivity contribution is 14.1. The van der Waals surface area contributed by atoms with Crippen molar-refractivity contribution in [3.8, 4) is 0 Å².